The van der Waals surface area contributed by atoms with Gasteiger partial charge in [0, 0.05) is 43.2 Å². The molecule has 0 saturated heterocycles. The number of para-hydroxylation sites is 1. The standard InChI is InChI=1S/C31H28N2OS/c1-17-12-21(31(4,5)6)13-18(2)28(17)27-14-20-16-32-25(15-26(20)35-27)24-9-7-8-22-23-11-10-19(3)33-30(23)34-29(22)24/h7-16H,1-6H3. The third kappa shape index (κ3) is 3.64. The molecule has 174 valence electrons. The topological polar surface area (TPSA) is 38.9 Å². The van der Waals surface area contributed by atoms with E-state index in [0.29, 0.717) is 5.71 Å². The molecule has 4 heteroatoms. The number of thiophene rings is 1. The Kier molecular flexibility index (Phi) is 4.87. The zero-order valence-corrected chi connectivity index (χ0v) is 21.8. The van der Waals surface area contributed by atoms with Crippen LogP contribution in [0, 0.1) is 20.8 Å². The molecule has 0 saturated carbocycles. The lowest BCUT2D eigenvalue weighted by atomic mass is 9.83. The van der Waals surface area contributed by atoms with Gasteiger partial charge >= 0.3 is 0 Å². The molecule has 0 amide bonds. The quantitative estimate of drug-likeness (QED) is 0.250. The minimum atomic E-state index is 0.138. The molecule has 0 aliphatic carbocycles. The van der Waals surface area contributed by atoms with Crippen LogP contribution in [0.1, 0.15) is 43.2 Å². The Hall–Kier alpha value is -3.50. The normalized spacial score (nSPS) is 12.3. The number of aryl methyl sites for hydroxylation is 3. The van der Waals surface area contributed by atoms with Gasteiger partial charge < -0.3 is 4.42 Å². The van der Waals surface area contributed by atoms with Crippen molar-refractivity contribution in [2.75, 3.05) is 0 Å². The molecule has 0 fully saturated rings. The van der Waals surface area contributed by atoms with Gasteiger partial charge in [0.05, 0.1) is 5.69 Å². The Balaban J connectivity index is 1.48. The van der Waals surface area contributed by atoms with Crippen molar-refractivity contribution in [1.29, 1.82) is 0 Å². The van der Waals surface area contributed by atoms with Gasteiger partial charge in [-0.1, -0.05) is 45.0 Å². The molecule has 2 aromatic carbocycles. The average Bonchev–Trinajstić information content (AvgIpc) is 3.37. The minimum Gasteiger partial charge on any atom is -0.437 e. The van der Waals surface area contributed by atoms with Crippen molar-refractivity contribution in [3.05, 3.63) is 83.2 Å². The predicted octanol–water partition coefficient (Wildman–Crippen LogP) is 9.15. The Morgan fingerprint density at radius 3 is 2.37 bits per heavy atom. The second-order valence-electron chi connectivity index (χ2n) is 10.5. The van der Waals surface area contributed by atoms with E-state index in [0.717, 1.165) is 33.3 Å². The third-order valence-corrected chi connectivity index (χ3v) is 7.94. The molecular formula is C31H28N2OS. The molecule has 0 N–H and O–H groups in total. The molecule has 0 spiro atoms. The average molecular weight is 477 g/mol. The first kappa shape index (κ1) is 22.0. The van der Waals surface area contributed by atoms with Crippen LogP contribution in [-0.4, -0.2) is 9.97 Å². The van der Waals surface area contributed by atoms with Crippen LogP contribution < -0.4 is 0 Å². The SMILES string of the molecule is Cc1ccc2c(n1)oc1c(-c3cc4sc(-c5c(C)cc(C(C)(C)C)cc5C)cc4cn3)cccc12. The van der Waals surface area contributed by atoms with E-state index in [4.69, 9.17) is 9.40 Å². The summed E-state index contributed by atoms with van der Waals surface area (Å²) in [4.78, 5) is 10.7. The number of fused-ring (bicyclic) bond motifs is 4. The molecule has 0 atom stereocenters. The summed E-state index contributed by atoms with van der Waals surface area (Å²) in [5, 5.41) is 3.28. The van der Waals surface area contributed by atoms with Crippen LogP contribution in [0.15, 0.2) is 65.2 Å². The van der Waals surface area contributed by atoms with Crippen LogP contribution in [0.2, 0.25) is 0 Å². The lowest BCUT2D eigenvalue weighted by Gasteiger charge is -2.22. The molecule has 6 rings (SSSR count). The lowest BCUT2D eigenvalue weighted by molar-refractivity contribution is 0.589. The fourth-order valence-corrected chi connectivity index (χ4v) is 6.21. The van der Waals surface area contributed by atoms with Gasteiger partial charge in [-0.25, -0.2) is 4.98 Å². The second kappa shape index (κ2) is 7.76. The van der Waals surface area contributed by atoms with Crippen LogP contribution in [0.25, 0.3) is 53.9 Å². The van der Waals surface area contributed by atoms with Crippen molar-refractivity contribution in [2.24, 2.45) is 0 Å². The van der Waals surface area contributed by atoms with Gasteiger partial charge in [0.15, 0.2) is 0 Å². The number of benzene rings is 2. The molecular weight excluding hydrogens is 448 g/mol. The van der Waals surface area contributed by atoms with E-state index in [1.54, 1.807) is 0 Å². The third-order valence-electron chi connectivity index (χ3n) is 6.83. The van der Waals surface area contributed by atoms with Crippen molar-refractivity contribution in [1.82, 2.24) is 9.97 Å². The summed E-state index contributed by atoms with van der Waals surface area (Å²) in [6, 6.07) is 19.5. The highest BCUT2D eigenvalue weighted by atomic mass is 32.1. The molecule has 3 nitrogen and oxygen atoms in total. The van der Waals surface area contributed by atoms with Crippen LogP contribution in [-0.2, 0) is 5.41 Å². The fourth-order valence-electron chi connectivity index (χ4n) is 4.96. The number of hydrogen-bond acceptors (Lipinski definition) is 4. The van der Waals surface area contributed by atoms with Gasteiger partial charge in [-0.3, -0.25) is 4.98 Å². The molecule has 4 heterocycles. The zero-order chi connectivity index (χ0) is 24.5. The summed E-state index contributed by atoms with van der Waals surface area (Å²) in [6.45, 7) is 13.2. The molecule has 0 unspecified atom stereocenters. The Morgan fingerprint density at radius 1 is 0.857 bits per heavy atom. The second-order valence-corrected chi connectivity index (χ2v) is 11.6. The molecule has 0 radical (unpaired) electrons. The summed E-state index contributed by atoms with van der Waals surface area (Å²) in [7, 11) is 0. The van der Waals surface area contributed by atoms with Gasteiger partial charge in [0.2, 0.25) is 5.71 Å². The van der Waals surface area contributed by atoms with Crippen molar-refractivity contribution >= 4 is 43.5 Å². The number of rotatable bonds is 2. The maximum absolute atomic E-state index is 6.23. The molecule has 6 aromatic rings. The number of furan rings is 1. The van der Waals surface area contributed by atoms with Crippen molar-refractivity contribution in [3.8, 4) is 21.7 Å². The van der Waals surface area contributed by atoms with Crippen LogP contribution in [0.5, 0.6) is 0 Å². The molecule has 0 bridgehead atoms. The van der Waals surface area contributed by atoms with Gasteiger partial charge in [-0.2, -0.15) is 0 Å². The van der Waals surface area contributed by atoms with E-state index >= 15 is 0 Å². The summed E-state index contributed by atoms with van der Waals surface area (Å²) < 4.78 is 7.46. The van der Waals surface area contributed by atoms with E-state index in [9.17, 15) is 0 Å². The van der Waals surface area contributed by atoms with Crippen LogP contribution in [0.3, 0.4) is 0 Å². The number of nitrogens with zero attached hydrogens (tertiary/aromatic N) is 2. The first-order chi connectivity index (χ1) is 16.7. The van der Waals surface area contributed by atoms with E-state index < -0.39 is 0 Å². The van der Waals surface area contributed by atoms with E-state index in [1.807, 2.05) is 30.5 Å². The number of aromatic nitrogens is 2. The maximum atomic E-state index is 6.23. The molecule has 0 aliphatic rings. The van der Waals surface area contributed by atoms with Crippen LogP contribution >= 0.6 is 11.3 Å². The summed E-state index contributed by atoms with van der Waals surface area (Å²) in [6.07, 6.45) is 1.99. The Bertz CT molecular complexity index is 1740. The monoisotopic (exact) mass is 476 g/mol. The number of pyridine rings is 2. The van der Waals surface area contributed by atoms with E-state index in [1.165, 1.54) is 37.2 Å². The first-order valence-corrected chi connectivity index (χ1v) is 12.8. The largest absolute Gasteiger partial charge is 0.437 e. The van der Waals surface area contributed by atoms with E-state index in [2.05, 4.69) is 88.1 Å². The predicted molar refractivity (Wildman–Crippen MR) is 148 cm³/mol. The molecule has 35 heavy (non-hydrogen) atoms. The number of hydrogen-bond donors (Lipinski definition) is 0. The maximum Gasteiger partial charge on any atom is 0.227 e. The van der Waals surface area contributed by atoms with Gasteiger partial charge in [0.1, 0.15) is 5.58 Å². The lowest BCUT2D eigenvalue weighted by Crippen LogP contribution is -2.11. The molecule has 4 aromatic heterocycles. The van der Waals surface area contributed by atoms with E-state index in [-0.39, 0.29) is 5.41 Å². The Labute approximate surface area is 209 Å². The fraction of sp³-hybridized carbons (Fsp3) is 0.226. The highest BCUT2D eigenvalue weighted by Crippen LogP contribution is 2.41. The highest BCUT2D eigenvalue weighted by molar-refractivity contribution is 7.22. The summed E-state index contributed by atoms with van der Waals surface area (Å²) >= 11 is 1.83. The smallest absolute Gasteiger partial charge is 0.227 e. The van der Waals surface area contributed by atoms with Gasteiger partial charge in [0.25, 0.3) is 0 Å². The van der Waals surface area contributed by atoms with Crippen molar-refractivity contribution in [2.45, 2.75) is 47.0 Å². The molecule has 0 aliphatic heterocycles. The highest BCUT2D eigenvalue weighted by Gasteiger charge is 2.19. The first-order valence-electron chi connectivity index (χ1n) is 12.0. The van der Waals surface area contributed by atoms with Crippen molar-refractivity contribution < 1.29 is 4.42 Å². The van der Waals surface area contributed by atoms with Gasteiger partial charge in [-0.05, 0) is 78.8 Å². The minimum absolute atomic E-state index is 0.138. The summed E-state index contributed by atoms with van der Waals surface area (Å²) in [5.74, 6) is 0. The Morgan fingerprint density at radius 2 is 1.63 bits per heavy atom. The van der Waals surface area contributed by atoms with Crippen molar-refractivity contribution in [3.63, 3.8) is 0 Å². The van der Waals surface area contributed by atoms with Gasteiger partial charge in [-0.15, -0.1) is 11.3 Å². The van der Waals surface area contributed by atoms with Crippen LogP contribution in [0.4, 0.5) is 0 Å². The zero-order valence-electron chi connectivity index (χ0n) is 21.0. The summed E-state index contributed by atoms with van der Waals surface area (Å²) in [5.41, 5.74) is 9.88.